The number of likely N-dealkylation sites (tertiary alicyclic amines) is 1. The number of aliphatic carboxylic acids is 1. The predicted molar refractivity (Wildman–Crippen MR) is 71.7 cm³/mol. The van der Waals surface area contributed by atoms with Gasteiger partial charge in [0.15, 0.2) is 0 Å². The molecule has 0 aromatic rings. The summed E-state index contributed by atoms with van der Waals surface area (Å²) in [5, 5.41) is 12.1. The Morgan fingerprint density at radius 3 is 2.26 bits per heavy atom. The lowest BCUT2D eigenvalue weighted by atomic mass is 10.0. The maximum Gasteiger partial charge on any atom is 0.307 e. The summed E-state index contributed by atoms with van der Waals surface area (Å²) >= 11 is 0. The van der Waals surface area contributed by atoms with Gasteiger partial charge in [0.25, 0.3) is 0 Å². The van der Waals surface area contributed by atoms with E-state index in [0.717, 1.165) is 32.5 Å². The van der Waals surface area contributed by atoms with E-state index in [4.69, 9.17) is 5.11 Å². The molecule has 2 fully saturated rings. The number of piperidine rings is 1. The summed E-state index contributed by atoms with van der Waals surface area (Å²) in [5.41, 5.74) is -0.403. The van der Waals surface area contributed by atoms with Crippen LogP contribution in [0.1, 0.15) is 33.6 Å². The highest BCUT2D eigenvalue weighted by molar-refractivity contribution is 5.91. The van der Waals surface area contributed by atoms with E-state index in [2.05, 4.69) is 17.1 Å². The number of carboxylic acids is 1. The highest BCUT2D eigenvalue weighted by Gasteiger charge is 2.65. The van der Waals surface area contributed by atoms with Gasteiger partial charge in [0.05, 0.1) is 11.8 Å². The second-order valence-electron chi connectivity index (χ2n) is 6.33. The van der Waals surface area contributed by atoms with Crippen molar-refractivity contribution in [3.05, 3.63) is 0 Å². The van der Waals surface area contributed by atoms with Gasteiger partial charge in [-0.25, -0.2) is 0 Å². The minimum atomic E-state index is -0.856. The zero-order chi connectivity index (χ0) is 14.2. The Kier molecular flexibility index (Phi) is 3.85. The van der Waals surface area contributed by atoms with Crippen LogP contribution in [0.25, 0.3) is 0 Å². The average molecular weight is 268 g/mol. The predicted octanol–water partition coefficient (Wildman–Crippen LogP) is 0.944. The first-order valence-corrected chi connectivity index (χ1v) is 7.13. The Morgan fingerprint density at radius 1 is 1.26 bits per heavy atom. The van der Waals surface area contributed by atoms with Gasteiger partial charge in [-0.3, -0.25) is 9.59 Å². The molecule has 5 nitrogen and oxygen atoms in total. The molecule has 19 heavy (non-hydrogen) atoms. The van der Waals surface area contributed by atoms with Crippen LogP contribution < -0.4 is 5.32 Å². The van der Waals surface area contributed by atoms with E-state index in [0.29, 0.717) is 0 Å². The second kappa shape index (κ2) is 5.12. The molecular weight excluding hydrogens is 244 g/mol. The Bertz CT molecular complexity index is 373. The second-order valence-corrected chi connectivity index (χ2v) is 6.33. The molecule has 2 unspecified atom stereocenters. The molecule has 2 N–H and O–H groups in total. The lowest BCUT2D eigenvalue weighted by Crippen LogP contribution is -2.45. The third-order valence-corrected chi connectivity index (χ3v) is 4.76. The van der Waals surface area contributed by atoms with Crippen LogP contribution in [0.3, 0.4) is 0 Å². The first-order chi connectivity index (χ1) is 8.87. The molecule has 1 heterocycles. The first kappa shape index (κ1) is 14.3. The topological polar surface area (TPSA) is 69.6 Å². The number of hydrogen-bond donors (Lipinski definition) is 2. The molecule has 1 aliphatic carbocycles. The number of hydrogen-bond acceptors (Lipinski definition) is 3. The molecule has 0 aromatic carbocycles. The molecule has 1 saturated carbocycles. The number of rotatable bonds is 4. The molecule has 0 radical (unpaired) electrons. The van der Waals surface area contributed by atoms with Gasteiger partial charge in [-0.05, 0) is 24.8 Å². The van der Waals surface area contributed by atoms with E-state index in [-0.39, 0.29) is 17.9 Å². The zero-order valence-corrected chi connectivity index (χ0v) is 12.0. The van der Waals surface area contributed by atoms with Crippen molar-refractivity contribution in [1.82, 2.24) is 10.2 Å². The molecule has 2 atom stereocenters. The number of nitrogens with zero attached hydrogens (tertiary/aromatic N) is 1. The fourth-order valence-electron chi connectivity index (χ4n) is 3.27. The standard InChI is InChI=1S/C14H24N2O3/c1-4-16-7-5-9(6-8-16)15-12(17)10-11(13(18)19)14(10,2)3/h9-11H,4-8H2,1-3H3,(H,15,17)(H,18,19). The van der Waals surface area contributed by atoms with Gasteiger partial charge < -0.3 is 15.3 Å². The van der Waals surface area contributed by atoms with Crippen molar-refractivity contribution in [3.8, 4) is 0 Å². The third kappa shape index (κ3) is 2.76. The summed E-state index contributed by atoms with van der Waals surface area (Å²) in [5.74, 6) is -1.82. The van der Waals surface area contributed by atoms with E-state index >= 15 is 0 Å². The van der Waals surface area contributed by atoms with Gasteiger partial charge in [-0.15, -0.1) is 0 Å². The van der Waals surface area contributed by atoms with Crippen molar-refractivity contribution >= 4 is 11.9 Å². The van der Waals surface area contributed by atoms with Crippen LogP contribution in [0.2, 0.25) is 0 Å². The summed E-state index contributed by atoms with van der Waals surface area (Å²) in [6, 6.07) is 0.209. The van der Waals surface area contributed by atoms with Crippen LogP contribution in [0, 0.1) is 17.3 Å². The largest absolute Gasteiger partial charge is 0.481 e. The van der Waals surface area contributed by atoms with Crippen molar-refractivity contribution in [1.29, 1.82) is 0 Å². The number of nitrogens with one attached hydrogen (secondary N) is 1. The quantitative estimate of drug-likeness (QED) is 0.796. The summed E-state index contributed by atoms with van der Waals surface area (Å²) < 4.78 is 0. The number of amides is 1. The fraction of sp³-hybridized carbons (Fsp3) is 0.857. The monoisotopic (exact) mass is 268 g/mol. The number of carbonyl (C=O) groups is 2. The first-order valence-electron chi connectivity index (χ1n) is 7.13. The molecular formula is C14H24N2O3. The molecule has 1 amide bonds. The van der Waals surface area contributed by atoms with Crippen molar-refractivity contribution in [2.24, 2.45) is 17.3 Å². The van der Waals surface area contributed by atoms with Gasteiger partial charge in [-0.1, -0.05) is 20.8 Å². The molecule has 2 aliphatic rings. The van der Waals surface area contributed by atoms with Gasteiger partial charge in [0.1, 0.15) is 0 Å². The van der Waals surface area contributed by atoms with Gasteiger partial charge in [0, 0.05) is 19.1 Å². The summed E-state index contributed by atoms with van der Waals surface area (Å²) in [4.78, 5) is 25.6. The molecule has 0 spiro atoms. The maximum absolute atomic E-state index is 12.2. The van der Waals surface area contributed by atoms with Crippen molar-refractivity contribution in [3.63, 3.8) is 0 Å². The van der Waals surface area contributed by atoms with E-state index in [1.54, 1.807) is 0 Å². The van der Waals surface area contributed by atoms with Crippen molar-refractivity contribution < 1.29 is 14.7 Å². The highest BCUT2D eigenvalue weighted by atomic mass is 16.4. The van der Waals surface area contributed by atoms with Crippen LogP contribution in [0.5, 0.6) is 0 Å². The normalized spacial score (nSPS) is 30.9. The minimum Gasteiger partial charge on any atom is -0.481 e. The Morgan fingerprint density at radius 2 is 1.84 bits per heavy atom. The maximum atomic E-state index is 12.2. The summed E-state index contributed by atoms with van der Waals surface area (Å²) in [6.45, 7) is 8.93. The third-order valence-electron chi connectivity index (χ3n) is 4.76. The van der Waals surface area contributed by atoms with E-state index in [1.165, 1.54) is 0 Å². The van der Waals surface area contributed by atoms with Crippen LogP contribution in [-0.2, 0) is 9.59 Å². The molecule has 5 heteroatoms. The van der Waals surface area contributed by atoms with Crippen LogP contribution >= 0.6 is 0 Å². The SMILES string of the molecule is CCN1CCC(NC(=O)C2C(C(=O)O)C2(C)C)CC1. The number of carboxylic acid groups (broad SMARTS) is 1. The molecule has 1 aliphatic heterocycles. The average Bonchev–Trinajstić information content (AvgIpc) is 2.93. The number of carbonyl (C=O) groups excluding carboxylic acids is 1. The lowest BCUT2D eigenvalue weighted by molar-refractivity contribution is -0.140. The zero-order valence-electron chi connectivity index (χ0n) is 12.0. The van der Waals surface area contributed by atoms with Gasteiger partial charge in [-0.2, -0.15) is 0 Å². The van der Waals surface area contributed by atoms with Crippen LogP contribution in [0.4, 0.5) is 0 Å². The van der Waals surface area contributed by atoms with Crippen molar-refractivity contribution in [2.45, 2.75) is 39.7 Å². The lowest BCUT2D eigenvalue weighted by Gasteiger charge is -2.31. The molecule has 2 rings (SSSR count). The summed E-state index contributed by atoms with van der Waals surface area (Å²) in [6.07, 6.45) is 1.93. The van der Waals surface area contributed by atoms with E-state index in [9.17, 15) is 9.59 Å². The van der Waals surface area contributed by atoms with Gasteiger partial charge >= 0.3 is 5.97 Å². The molecule has 0 bridgehead atoms. The Hall–Kier alpha value is -1.10. The summed E-state index contributed by atoms with van der Waals surface area (Å²) in [7, 11) is 0. The van der Waals surface area contributed by atoms with Crippen LogP contribution in [0.15, 0.2) is 0 Å². The molecule has 108 valence electrons. The van der Waals surface area contributed by atoms with Crippen molar-refractivity contribution in [2.75, 3.05) is 19.6 Å². The molecule has 1 saturated heterocycles. The smallest absolute Gasteiger partial charge is 0.307 e. The van der Waals surface area contributed by atoms with E-state index in [1.807, 2.05) is 13.8 Å². The highest BCUT2D eigenvalue weighted by Crippen LogP contribution is 2.58. The Labute approximate surface area is 114 Å². The van der Waals surface area contributed by atoms with Crippen LogP contribution in [-0.4, -0.2) is 47.6 Å². The fourth-order valence-corrected chi connectivity index (χ4v) is 3.27. The molecule has 0 aromatic heterocycles. The van der Waals surface area contributed by atoms with Gasteiger partial charge in [0.2, 0.25) is 5.91 Å². The Balaban J connectivity index is 1.85. The minimum absolute atomic E-state index is 0.0765. The van der Waals surface area contributed by atoms with E-state index < -0.39 is 17.3 Å².